The molecule has 0 spiro atoms. The first-order valence-electron chi connectivity index (χ1n) is 37.7. The summed E-state index contributed by atoms with van der Waals surface area (Å²) >= 11 is 0. The molecule has 6 nitrogen and oxygen atoms in total. The lowest BCUT2D eigenvalue weighted by molar-refractivity contribution is -0.167. The zero-order chi connectivity index (χ0) is 59.2. The molecule has 1 unspecified atom stereocenters. The van der Waals surface area contributed by atoms with Crippen molar-refractivity contribution >= 4 is 17.9 Å². The Bertz CT molecular complexity index is 1280. The van der Waals surface area contributed by atoms with Crippen LogP contribution in [0.3, 0.4) is 0 Å². The highest BCUT2D eigenvalue weighted by atomic mass is 16.6. The van der Waals surface area contributed by atoms with Gasteiger partial charge in [0.15, 0.2) is 6.10 Å². The molecule has 0 aromatic rings. The zero-order valence-corrected chi connectivity index (χ0v) is 56.1. The predicted octanol–water partition coefficient (Wildman–Crippen LogP) is 26.0. The second-order valence-electron chi connectivity index (χ2n) is 25.9. The van der Waals surface area contributed by atoms with Gasteiger partial charge in [0, 0.05) is 19.3 Å². The van der Waals surface area contributed by atoms with Crippen LogP contribution < -0.4 is 0 Å². The summed E-state index contributed by atoms with van der Waals surface area (Å²) in [6, 6.07) is 0. The lowest BCUT2D eigenvalue weighted by atomic mass is 10.0. The number of carbonyl (C=O) groups excluding carboxylic acids is 3. The van der Waals surface area contributed by atoms with Crippen LogP contribution in [-0.4, -0.2) is 37.2 Å². The van der Waals surface area contributed by atoms with Gasteiger partial charge in [-0.15, -0.1) is 0 Å². The van der Waals surface area contributed by atoms with E-state index in [1.165, 1.54) is 340 Å². The Hall–Kier alpha value is -1.85. The summed E-state index contributed by atoms with van der Waals surface area (Å²) in [4.78, 5) is 38.5. The van der Waals surface area contributed by atoms with E-state index < -0.39 is 6.10 Å². The van der Waals surface area contributed by atoms with Gasteiger partial charge in [0.1, 0.15) is 13.2 Å². The van der Waals surface area contributed by atoms with Gasteiger partial charge in [-0.25, -0.2) is 0 Å². The number of unbranched alkanes of at least 4 members (excludes halogenated alkanes) is 58. The molecule has 0 N–H and O–H groups in total. The lowest BCUT2D eigenvalue weighted by Crippen LogP contribution is -2.30. The number of carbonyl (C=O) groups is 3. The normalized spacial score (nSPS) is 12.0. The molecule has 0 radical (unpaired) electrons. The van der Waals surface area contributed by atoms with Crippen molar-refractivity contribution < 1.29 is 28.6 Å². The number of allylic oxidation sites excluding steroid dienone is 2. The van der Waals surface area contributed by atoms with Crippen LogP contribution in [0.25, 0.3) is 0 Å². The van der Waals surface area contributed by atoms with Gasteiger partial charge in [-0.2, -0.15) is 0 Å². The predicted molar refractivity (Wildman–Crippen MR) is 358 cm³/mol. The molecule has 0 saturated carbocycles. The van der Waals surface area contributed by atoms with Crippen molar-refractivity contribution in [1.82, 2.24) is 0 Å². The van der Waals surface area contributed by atoms with Crippen molar-refractivity contribution in [3.8, 4) is 0 Å². The van der Waals surface area contributed by atoms with Crippen LogP contribution in [0.5, 0.6) is 0 Å². The maximum Gasteiger partial charge on any atom is 0.306 e. The highest BCUT2D eigenvalue weighted by molar-refractivity contribution is 5.71. The van der Waals surface area contributed by atoms with E-state index in [0.29, 0.717) is 19.3 Å². The van der Waals surface area contributed by atoms with Crippen molar-refractivity contribution in [2.75, 3.05) is 13.2 Å². The van der Waals surface area contributed by atoms with Crippen LogP contribution in [0.4, 0.5) is 0 Å². The molecule has 0 aliphatic carbocycles. The summed E-state index contributed by atoms with van der Waals surface area (Å²) in [5, 5.41) is 0. The Balaban J connectivity index is 4.19. The number of esters is 3. The van der Waals surface area contributed by atoms with E-state index in [0.717, 1.165) is 57.8 Å². The van der Waals surface area contributed by atoms with E-state index in [4.69, 9.17) is 14.2 Å². The van der Waals surface area contributed by atoms with Gasteiger partial charge in [0.2, 0.25) is 0 Å². The van der Waals surface area contributed by atoms with E-state index >= 15 is 0 Å². The summed E-state index contributed by atoms with van der Waals surface area (Å²) in [5.74, 6) is -0.830. The quantitative estimate of drug-likeness (QED) is 0.0261. The molecule has 0 bridgehead atoms. The van der Waals surface area contributed by atoms with Gasteiger partial charge in [0.25, 0.3) is 0 Å². The molecule has 0 aliphatic heterocycles. The third-order valence-corrected chi connectivity index (χ3v) is 17.5. The van der Waals surface area contributed by atoms with Crippen LogP contribution in [0.1, 0.15) is 438 Å². The molecule has 0 heterocycles. The first-order chi connectivity index (χ1) is 40.5. The molecule has 0 aromatic heterocycles. The number of hydrogen-bond donors (Lipinski definition) is 0. The average Bonchev–Trinajstić information content (AvgIpc) is 3.47. The minimum Gasteiger partial charge on any atom is -0.462 e. The van der Waals surface area contributed by atoms with Crippen molar-refractivity contribution in [3.63, 3.8) is 0 Å². The number of hydrogen-bond acceptors (Lipinski definition) is 6. The summed E-state index contributed by atoms with van der Waals surface area (Å²) in [7, 11) is 0. The molecular weight excluding hydrogens is 1010 g/mol. The molecule has 0 aliphatic rings. The third-order valence-electron chi connectivity index (χ3n) is 17.5. The molecule has 0 aromatic carbocycles. The van der Waals surface area contributed by atoms with Gasteiger partial charge in [-0.1, -0.05) is 386 Å². The van der Waals surface area contributed by atoms with Gasteiger partial charge in [-0.05, 0) is 44.9 Å². The molecule has 0 rings (SSSR count). The minimum absolute atomic E-state index is 0.0646. The first kappa shape index (κ1) is 80.2. The van der Waals surface area contributed by atoms with E-state index in [1.54, 1.807) is 0 Å². The van der Waals surface area contributed by atoms with Crippen molar-refractivity contribution in [2.45, 2.75) is 444 Å². The molecule has 0 fully saturated rings. The average molecular weight is 1160 g/mol. The van der Waals surface area contributed by atoms with E-state index in [-0.39, 0.29) is 31.1 Å². The van der Waals surface area contributed by atoms with Crippen LogP contribution in [-0.2, 0) is 28.6 Å². The van der Waals surface area contributed by atoms with Crippen LogP contribution in [0.15, 0.2) is 12.2 Å². The maximum absolute atomic E-state index is 13.0. The summed E-state index contributed by atoms with van der Waals surface area (Å²) in [6.45, 7) is 6.74. The highest BCUT2D eigenvalue weighted by Crippen LogP contribution is 2.20. The Morgan fingerprint density at radius 2 is 0.402 bits per heavy atom. The molecule has 486 valence electrons. The zero-order valence-electron chi connectivity index (χ0n) is 56.1. The maximum atomic E-state index is 13.0. The monoisotopic (exact) mass is 1160 g/mol. The van der Waals surface area contributed by atoms with E-state index in [1.807, 2.05) is 0 Å². The van der Waals surface area contributed by atoms with Crippen molar-refractivity contribution in [2.24, 2.45) is 0 Å². The second-order valence-corrected chi connectivity index (χ2v) is 25.9. The number of ether oxygens (including phenoxy) is 3. The molecule has 1 atom stereocenters. The Labute approximate surface area is 513 Å². The smallest absolute Gasteiger partial charge is 0.306 e. The largest absolute Gasteiger partial charge is 0.462 e. The van der Waals surface area contributed by atoms with Crippen LogP contribution >= 0.6 is 0 Å². The molecule has 0 saturated heterocycles. The minimum atomic E-state index is -0.769. The van der Waals surface area contributed by atoms with Crippen LogP contribution in [0.2, 0.25) is 0 Å². The van der Waals surface area contributed by atoms with E-state index in [9.17, 15) is 14.4 Å². The Morgan fingerprint density at radius 1 is 0.232 bits per heavy atom. The van der Waals surface area contributed by atoms with Gasteiger partial charge < -0.3 is 14.2 Å². The summed E-state index contributed by atoms with van der Waals surface area (Å²) in [5.41, 5.74) is 0. The Morgan fingerprint density at radius 3 is 0.610 bits per heavy atom. The van der Waals surface area contributed by atoms with Gasteiger partial charge >= 0.3 is 17.9 Å². The fraction of sp³-hybridized carbons (Fsp3) is 0.934. The second kappa shape index (κ2) is 71.6. The van der Waals surface area contributed by atoms with Crippen molar-refractivity contribution in [3.05, 3.63) is 12.2 Å². The molecule has 6 heteroatoms. The lowest BCUT2D eigenvalue weighted by Gasteiger charge is -2.18. The summed E-state index contributed by atoms with van der Waals surface area (Å²) in [6.07, 6.45) is 86.9. The highest BCUT2D eigenvalue weighted by Gasteiger charge is 2.20. The fourth-order valence-corrected chi connectivity index (χ4v) is 11.9. The van der Waals surface area contributed by atoms with Gasteiger partial charge in [-0.3, -0.25) is 14.4 Å². The topological polar surface area (TPSA) is 78.9 Å². The van der Waals surface area contributed by atoms with Crippen LogP contribution in [0, 0.1) is 0 Å². The first-order valence-corrected chi connectivity index (χ1v) is 37.7. The van der Waals surface area contributed by atoms with E-state index in [2.05, 4.69) is 32.9 Å². The van der Waals surface area contributed by atoms with Gasteiger partial charge in [0.05, 0.1) is 0 Å². The summed E-state index contributed by atoms with van der Waals surface area (Å²) < 4.78 is 17.0. The number of rotatable bonds is 71. The standard InChI is InChI=1S/C76H146O6/c1-4-7-10-13-16-19-22-25-28-31-33-34-35-36-37-38-39-40-41-42-43-46-48-51-54-57-60-63-66-69-75(78)81-72-73(71-80-74(77)68-65-62-59-56-53-50-47-44-30-27-24-21-18-15-12-9-6-3)82-76(79)70-67-64-61-58-55-52-49-45-32-29-26-23-20-17-14-11-8-5-2/h29,32,73H,4-28,30-31,33-72H2,1-3H3/b32-29-. The Kier molecular flexibility index (Phi) is 70.0. The molecule has 0 amide bonds. The molecule has 82 heavy (non-hydrogen) atoms. The SMILES string of the molecule is CCCCCCCCC/C=C\CCCCCCCCCC(=O)OC(COC(=O)CCCCCCCCCCCCCCCCCCC)COC(=O)CCCCCCCCCCCCCCCCCCCCCCCCCCCCCCC. The van der Waals surface area contributed by atoms with Crippen molar-refractivity contribution in [1.29, 1.82) is 0 Å². The molecular formula is C76H146O6. The fourth-order valence-electron chi connectivity index (χ4n) is 11.9. The third kappa shape index (κ3) is 68.9.